The molecule has 1 aliphatic carbocycles. The van der Waals surface area contributed by atoms with E-state index in [1.54, 1.807) is 20.8 Å². The van der Waals surface area contributed by atoms with Crippen molar-refractivity contribution in [2.75, 3.05) is 13.7 Å². The van der Waals surface area contributed by atoms with Gasteiger partial charge in [-0.15, -0.1) is 0 Å². The van der Waals surface area contributed by atoms with Crippen molar-refractivity contribution >= 4 is 35.3 Å². The van der Waals surface area contributed by atoms with Gasteiger partial charge in [0.15, 0.2) is 27.2 Å². The fourth-order valence-electron chi connectivity index (χ4n) is 6.30. The maximum Gasteiger partial charge on any atom is 0.303 e. The standard InChI is InChI=1S/C20H26N2O8S/c1-9-16(3,4)12(25)18(30-9)6-11-17(28,13(18)29-10(2)24)7-19-14(26)21(5)20(8-23,31-19)15(27)22(11)19/h9,11,13,23,28H,6-8H2,1-5H3/t9-,11-,13+,17+,18+,19-,20-/m1/s1. The number of esters is 1. The van der Waals surface area contributed by atoms with E-state index in [0.29, 0.717) is 0 Å². The lowest BCUT2D eigenvalue weighted by molar-refractivity contribution is -0.189. The van der Waals surface area contributed by atoms with Gasteiger partial charge in [-0.3, -0.25) is 19.2 Å². The molecule has 10 nitrogen and oxygen atoms in total. The summed E-state index contributed by atoms with van der Waals surface area (Å²) in [6, 6.07) is -0.979. The van der Waals surface area contributed by atoms with Gasteiger partial charge < -0.3 is 29.5 Å². The molecule has 1 saturated carbocycles. The Labute approximate surface area is 183 Å². The van der Waals surface area contributed by atoms with E-state index in [1.807, 2.05) is 0 Å². The maximum atomic E-state index is 13.5. The van der Waals surface area contributed by atoms with Gasteiger partial charge in [0.05, 0.1) is 24.2 Å². The molecule has 2 bridgehead atoms. The van der Waals surface area contributed by atoms with Gasteiger partial charge in [-0.05, 0) is 6.92 Å². The number of rotatable bonds is 2. The van der Waals surface area contributed by atoms with Crippen LogP contribution < -0.4 is 0 Å². The van der Waals surface area contributed by atoms with E-state index in [0.717, 1.165) is 11.8 Å². The van der Waals surface area contributed by atoms with Crippen LogP contribution in [0.5, 0.6) is 0 Å². The second-order valence-corrected chi connectivity index (χ2v) is 11.5. The molecule has 4 aliphatic heterocycles. The lowest BCUT2D eigenvalue weighted by Crippen LogP contribution is -2.64. The molecule has 2 N–H and O–H groups in total. The number of nitrogens with zero attached hydrogens (tertiary/aromatic N) is 2. The molecule has 2 spiro atoms. The quantitative estimate of drug-likeness (QED) is 0.505. The van der Waals surface area contributed by atoms with Crippen molar-refractivity contribution in [1.82, 2.24) is 9.80 Å². The minimum atomic E-state index is -1.85. The molecule has 0 radical (unpaired) electrons. The number of likely N-dealkylation sites (N-methyl/N-ethyl adjacent to an activating group) is 1. The number of hydrogen-bond donors (Lipinski definition) is 2. The van der Waals surface area contributed by atoms with Crippen LogP contribution in [0.2, 0.25) is 0 Å². The smallest absolute Gasteiger partial charge is 0.303 e. The number of aliphatic hydroxyl groups is 2. The van der Waals surface area contributed by atoms with Crippen LogP contribution in [0, 0.1) is 5.41 Å². The highest BCUT2D eigenvalue weighted by Gasteiger charge is 2.86. The number of aliphatic hydroxyl groups excluding tert-OH is 1. The van der Waals surface area contributed by atoms with Gasteiger partial charge in [-0.25, -0.2) is 0 Å². The Kier molecular flexibility index (Phi) is 3.84. The number of carbonyl (C=O) groups is 4. The van der Waals surface area contributed by atoms with Crippen molar-refractivity contribution in [1.29, 1.82) is 0 Å². The van der Waals surface area contributed by atoms with Gasteiger partial charge in [-0.1, -0.05) is 25.6 Å². The number of hydrogen-bond acceptors (Lipinski definition) is 9. The van der Waals surface area contributed by atoms with Crippen molar-refractivity contribution in [2.45, 2.75) is 79.7 Å². The molecular formula is C20H26N2O8S. The third-order valence-corrected chi connectivity index (χ3v) is 9.89. The number of ether oxygens (including phenoxy) is 2. The lowest BCUT2D eigenvalue weighted by Gasteiger charge is -2.40. The first-order valence-corrected chi connectivity index (χ1v) is 11.1. The largest absolute Gasteiger partial charge is 0.456 e. The van der Waals surface area contributed by atoms with Crippen LogP contribution in [-0.2, 0) is 28.7 Å². The van der Waals surface area contributed by atoms with Crippen molar-refractivity contribution in [3.05, 3.63) is 0 Å². The zero-order valence-corrected chi connectivity index (χ0v) is 18.8. The molecule has 4 heterocycles. The van der Waals surface area contributed by atoms with Gasteiger partial charge in [0.25, 0.3) is 11.8 Å². The Bertz CT molecular complexity index is 955. The van der Waals surface area contributed by atoms with E-state index in [-0.39, 0.29) is 18.6 Å². The number of Topliss-reactive ketones (excluding diaryl/α,β-unsaturated/α-hetero) is 1. The highest BCUT2D eigenvalue weighted by Crippen LogP contribution is 2.69. The van der Waals surface area contributed by atoms with Crippen LogP contribution in [0.15, 0.2) is 0 Å². The summed E-state index contributed by atoms with van der Waals surface area (Å²) in [4.78, 5) is 51.9. The zero-order chi connectivity index (χ0) is 22.9. The summed E-state index contributed by atoms with van der Waals surface area (Å²) in [6.07, 6.45) is -2.20. The van der Waals surface area contributed by atoms with Crippen molar-refractivity contribution in [2.24, 2.45) is 5.41 Å². The molecule has 0 aromatic heterocycles. The summed E-state index contributed by atoms with van der Waals surface area (Å²) in [5.41, 5.74) is -4.37. The van der Waals surface area contributed by atoms with Gasteiger partial charge >= 0.3 is 5.97 Å². The first kappa shape index (κ1) is 21.2. The van der Waals surface area contributed by atoms with Gasteiger partial charge in [0, 0.05) is 26.8 Å². The summed E-state index contributed by atoms with van der Waals surface area (Å²) in [5.74, 6) is -1.91. The Morgan fingerprint density at radius 2 is 1.94 bits per heavy atom. The van der Waals surface area contributed by atoms with Gasteiger partial charge in [0.1, 0.15) is 5.60 Å². The average Bonchev–Trinajstić information content (AvgIpc) is 3.29. The molecule has 2 amide bonds. The van der Waals surface area contributed by atoms with Crippen LogP contribution in [-0.4, -0.2) is 96.4 Å². The Morgan fingerprint density at radius 3 is 2.45 bits per heavy atom. The Balaban J connectivity index is 1.66. The maximum absolute atomic E-state index is 13.5. The minimum absolute atomic E-state index is 0.0966. The molecule has 0 aromatic rings. The molecule has 5 rings (SSSR count). The van der Waals surface area contributed by atoms with Crippen molar-refractivity contribution in [3.8, 4) is 0 Å². The fourth-order valence-corrected chi connectivity index (χ4v) is 8.16. The second kappa shape index (κ2) is 5.62. The summed E-state index contributed by atoms with van der Waals surface area (Å²) < 4.78 is 11.7. The first-order chi connectivity index (χ1) is 14.2. The molecule has 0 aromatic carbocycles. The lowest BCUT2D eigenvalue weighted by atomic mass is 9.76. The minimum Gasteiger partial charge on any atom is -0.456 e. The van der Waals surface area contributed by atoms with Crippen LogP contribution in [0.25, 0.3) is 0 Å². The second-order valence-electron chi connectivity index (χ2n) is 9.95. The highest BCUT2D eigenvalue weighted by molar-refractivity contribution is 8.04. The molecule has 4 saturated heterocycles. The van der Waals surface area contributed by atoms with Crippen LogP contribution in [0.1, 0.15) is 40.5 Å². The average molecular weight is 455 g/mol. The zero-order valence-electron chi connectivity index (χ0n) is 18.0. The number of carbonyl (C=O) groups excluding carboxylic acids is 4. The molecule has 11 heteroatoms. The topological polar surface area (TPSA) is 134 Å². The molecule has 7 atom stereocenters. The third-order valence-electron chi connectivity index (χ3n) is 8.12. The van der Waals surface area contributed by atoms with Crippen LogP contribution in [0.4, 0.5) is 0 Å². The van der Waals surface area contributed by atoms with E-state index >= 15 is 0 Å². The van der Waals surface area contributed by atoms with Gasteiger partial charge in [-0.2, -0.15) is 0 Å². The number of thioether (sulfide) groups is 1. The molecule has 5 fully saturated rings. The van der Waals surface area contributed by atoms with Crippen LogP contribution >= 0.6 is 11.8 Å². The number of fused-ring (bicyclic) bond motifs is 3. The van der Waals surface area contributed by atoms with E-state index < -0.39 is 69.0 Å². The van der Waals surface area contributed by atoms with Crippen LogP contribution in [0.3, 0.4) is 0 Å². The van der Waals surface area contributed by atoms with E-state index in [9.17, 15) is 29.4 Å². The predicted octanol–water partition coefficient (Wildman–Crippen LogP) is -0.990. The Hall–Kier alpha value is -1.69. The first-order valence-electron chi connectivity index (χ1n) is 10.3. The third kappa shape index (κ3) is 1.99. The summed E-state index contributed by atoms with van der Waals surface area (Å²) >= 11 is 1.01. The van der Waals surface area contributed by atoms with E-state index in [4.69, 9.17) is 9.47 Å². The van der Waals surface area contributed by atoms with E-state index in [2.05, 4.69) is 0 Å². The number of ketones is 1. The fraction of sp³-hybridized carbons (Fsp3) is 0.800. The molecule has 5 aliphatic rings. The molecule has 0 unspecified atom stereocenters. The number of amides is 2. The number of piperazine rings is 1. The summed E-state index contributed by atoms with van der Waals surface area (Å²) in [5, 5.41) is 21.9. The normalized spacial score (nSPS) is 49.4. The predicted molar refractivity (Wildman–Crippen MR) is 105 cm³/mol. The molecular weight excluding hydrogens is 428 g/mol. The van der Waals surface area contributed by atoms with Crippen molar-refractivity contribution < 1.29 is 38.9 Å². The highest BCUT2D eigenvalue weighted by atomic mass is 32.2. The molecule has 170 valence electrons. The summed E-state index contributed by atoms with van der Waals surface area (Å²) in [7, 11) is 1.45. The van der Waals surface area contributed by atoms with Crippen molar-refractivity contribution in [3.63, 3.8) is 0 Å². The monoisotopic (exact) mass is 454 g/mol. The SMILES string of the molecule is CC(=O)O[C@H]1[C@]2(O)C[C@]34S[C@](CO)(C(=O)N3[C@@H]2C[C@@]12O[C@H](C)C(C)(C)C2=O)N(C)C4=O. The molecule has 31 heavy (non-hydrogen) atoms. The van der Waals surface area contributed by atoms with E-state index in [1.165, 1.54) is 23.8 Å². The summed E-state index contributed by atoms with van der Waals surface area (Å²) in [6.45, 7) is 5.82. The Morgan fingerprint density at radius 1 is 1.29 bits per heavy atom. The van der Waals surface area contributed by atoms with Gasteiger partial charge in [0.2, 0.25) is 0 Å².